The van der Waals surface area contributed by atoms with Gasteiger partial charge < -0.3 is 11.1 Å². The van der Waals surface area contributed by atoms with Gasteiger partial charge in [-0.1, -0.05) is 36.4 Å². The smallest absolute Gasteiger partial charge is 0.244 e. The van der Waals surface area contributed by atoms with Crippen LogP contribution in [-0.4, -0.2) is 5.91 Å². The molecule has 0 saturated carbocycles. The summed E-state index contributed by atoms with van der Waals surface area (Å²) in [7, 11) is 0. The molecule has 3 heteroatoms. The number of hydrogen-bond acceptors (Lipinski definition) is 2. The third-order valence-corrected chi connectivity index (χ3v) is 2.77. The number of carbonyl (C=O) groups excluding carboxylic acids is 1. The minimum Gasteiger partial charge on any atom is -0.366 e. The lowest BCUT2D eigenvalue weighted by molar-refractivity contribution is -0.114. The molecule has 0 aliphatic heterocycles. The van der Waals surface area contributed by atoms with Gasteiger partial charge >= 0.3 is 0 Å². The number of rotatable bonds is 4. The molecule has 0 saturated heterocycles. The molecule has 0 radical (unpaired) electrons. The van der Waals surface area contributed by atoms with Crippen LogP contribution in [0.4, 0.5) is 11.4 Å². The summed E-state index contributed by atoms with van der Waals surface area (Å²) >= 11 is 0. The number of amides is 1. The second kappa shape index (κ2) is 5.87. The van der Waals surface area contributed by atoms with Crippen molar-refractivity contribution in [3.8, 4) is 0 Å². The Morgan fingerprint density at radius 1 is 1.05 bits per heavy atom. The summed E-state index contributed by atoms with van der Waals surface area (Å²) in [5.74, 6) is -0.408. The van der Waals surface area contributed by atoms with E-state index in [1.807, 2.05) is 54.6 Å². The Morgan fingerprint density at radius 3 is 2.37 bits per heavy atom. The van der Waals surface area contributed by atoms with Crippen molar-refractivity contribution in [3.63, 3.8) is 0 Å². The van der Waals surface area contributed by atoms with Gasteiger partial charge in [0, 0.05) is 16.9 Å². The van der Waals surface area contributed by atoms with Crippen molar-refractivity contribution in [2.75, 3.05) is 5.32 Å². The molecule has 96 valence electrons. The molecule has 0 fully saturated rings. The SMILES string of the molecule is CC(=Cc1ccccc1Nc1ccccc1)C(N)=O. The molecule has 0 heterocycles. The second-order valence-electron chi connectivity index (χ2n) is 4.27. The Balaban J connectivity index is 2.32. The molecule has 0 bridgehead atoms. The quantitative estimate of drug-likeness (QED) is 0.820. The van der Waals surface area contributed by atoms with Crippen molar-refractivity contribution < 1.29 is 4.79 Å². The zero-order chi connectivity index (χ0) is 13.7. The highest BCUT2D eigenvalue weighted by Crippen LogP contribution is 2.22. The van der Waals surface area contributed by atoms with Gasteiger partial charge in [0.25, 0.3) is 0 Å². The van der Waals surface area contributed by atoms with Crippen LogP contribution in [-0.2, 0) is 4.79 Å². The number of benzene rings is 2. The number of nitrogens with two attached hydrogens (primary N) is 1. The van der Waals surface area contributed by atoms with Gasteiger partial charge in [0.2, 0.25) is 5.91 Å². The summed E-state index contributed by atoms with van der Waals surface area (Å²) in [6, 6.07) is 17.7. The van der Waals surface area contributed by atoms with Crippen LogP contribution in [0.3, 0.4) is 0 Å². The molecule has 0 aliphatic carbocycles. The third kappa shape index (κ3) is 3.45. The summed E-state index contributed by atoms with van der Waals surface area (Å²) in [4.78, 5) is 11.1. The maximum absolute atomic E-state index is 11.1. The molecule has 0 aliphatic rings. The average Bonchev–Trinajstić information content (AvgIpc) is 2.42. The molecule has 2 rings (SSSR count). The third-order valence-electron chi connectivity index (χ3n) is 2.77. The summed E-state index contributed by atoms with van der Waals surface area (Å²) in [6.45, 7) is 1.71. The normalized spacial score (nSPS) is 11.1. The molecule has 2 aromatic rings. The van der Waals surface area contributed by atoms with Gasteiger partial charge in [0.15, 0.2) is 0 Å². The highest BCUT2D eigenvalue weighted by atomic mass is 16.1. The molecule has 0 atom stereocenters. The largest absolute Gasteiger partial charge is 0.366 e. The molecule has 0 spiro atoms. The van der Waals surface area contributed by atoms with E-state index in [9.17, 15) is 4.79 Å². The van der Waals surface area contributed by atoms with Crippen molar-refractivity contribution in [1.82, 2.24) is 0 Å². The Bertz CT molecular complexity index is 603. The zero-order valence-corrected chi connectivity index (χ0v) is 10.8. The molecule has 19 heavy (non-hydrogen) atoms. The molecule has 0 aromatic heterocycles. The van der Waals surface area contributed by atoms with E-state index in [4.69, 9.17) is 5.73 Å². The van der Waals surface area contributed by atoms with Crippen LogP contribution in [0.15, 0.2) is 60.2 Å². The standard InChI is InChI=1S/C16H16N2O/c1-12(16(17)19)11-13-7-5-6-10-15(13)18-14-8-3-2-4-9-14/h2-11,18H,1H3,(H2,17,19). The number of anilines is 2. The first-order valence-corrected chi connectivity index (χ1v) is 6.06. The van der Waals surface area contributed by atoms with Crippen LogP contribution >= 0.6 is 0 Å². The molecular weight excluding hydrogens is 236 g/mol. The maximum atomic E-state index is 11.1. The topological polar surface area (TPSA) is 55.1 Å². The van der Waals surface area contributed by atoms with Crippen LogP contribution in [0.1, 0.15) is 12.5 Å². The fourth-order valence-corrected chi connectivity index (χ4v) is 1.72. The Kier molecular flexibility index (Phi) is 3.98. The van der Waals surface area contributed by atoms with Gasteiger partial charge in [0.05, 0.1) is 0 Å². The number of nitrogens with one attached hydrogen (secondary N) is 1. The fraction of sp³-hybridized carbons (Fsp3) is 0.0625. The summed E-state index contributed by atoms with van der Waals surface area (Å²) in [5.41, 5.74) is 8.66. The van der Waals surface area contributed by atoms with Crippen LogP contribution < -0.4 is 11.1 Å². The van der Waals surface area contributed by atoms with E-state index < -0.39 is 5.91 Å². The monoisotopic (exact) mass is 252 g/mol. The molecular formula is C16H16N2O. The van der Waals surface area contributed by atoms with Crippen LogP contribution in [0.25, 0.3) is 6.08 Å². The lowest BCUT2D eigenvalue weighted by Crippen LogP contribution is -2.11. The van der Waals surface area contributed by atoms with Gasteiger partial charge in [-0.3, -0.25) is 4.79 Å². The van der Waals surface area contributed by atoms with Gasteiger partial charge in [-0.2, -0.15) is 0 Å². The van der Waals surface area contributed by atoms with Crippen molar-refractivity contribution in [2.24, 2.45) is 5.73 Å². The van der Waals surface area contributed by atoms with Crippen LogP contribution in [0.2, 0.25) is 0 Å². The molecule has 1 amide bonds. The molecule has 2 aromatic carbocycles. The minimum absolute atomic E-state index is 0.408. The van der Waals surface area contributed by atoms with Crippen molar-refractivity contribution in [3.05, 3.63) is 65.7 Å². The Morgan fingerprint density at radius 2 is 1.68 bits per heavy atom. The Hall–Kier alpha value is -2.55. The summed E-state index contributed by atoms with van der Waals surface area (Å²) in [6.07, 6.45) is 1.79. The van der Waals surface area contributed by atoms with Crippen molar-refractivity contribution >= 4 is 23.4 Å². The first-order chi connectivity index (χ1) is 9.16. The molecule has 3 nitrogen and oxygen atoms in total. The van der Waals surface area contributed by atoms with Crippen molar-refractivity contribution in [1.29, 1.82) is 0 Å². The van der Waals surface area contributed by atoms with Gasteiger partial charge in [-0.25, -0.2) is 0 Å². The first kappa shape index (κ1) is 12.9. The fourth-order valence-electron chi connectivity index (χ4n) is 1.72. The predicted molar refractivity (Wildman–Crippen MR) is 79.0 cm³/mol. The first-order valence-electron chi connectivity index (χ1n) is 6.06. The van der Waals surface area contributed by atoms with E-state index in [0.717, 1.165) is 16.9 Å². The summed E-state index contributed by atoms with van der Waals surface area (Å²) < 4.78 is 0. The number of para-hydroxylation sites is 2. The zero-order valence-electron chi connectivity index (χ0n) is 10.8. The van der Waals surface area contributed by atoms with Crippen LogP contribution in [0, 0.1) is 0 Å². The van der Waals surface area contributed by atoms with E-state index in [2.05, 4.69) is 5.32 Å². The van der Waals surface area contributed by atoms with Gasteiger partial charge in [-0.05, 0) is 36.8 Å². The van der Waals surface area contributed by atoms with E-state index in [-0.39, 0.29) is 0 Å². The van der Waals surface area contributed by atoms with E-state index in [1.165, 1.54) is 0 Å². The molecule has 3 N–H and O–H groups in total. The lowest BCUT2D eigenvalue weighted by atomic mass is 10.1. The lowest BCUT2D eigenvalue weighted by Gasteiger charge is -2.10. The summed E-state index contributed by atoms with van der Waals surface area (Å²) in [5, 5.41) is 3.32. The molecule has 0 unspecified atom stereocenters. The minimum atomic E-state index is -0.408. The Labute approximate surface area is 112 Å². The van der Waals surface area contributed by atoms with E-state index in [0.29, 0.717) is 5.57 Å². The number of carbonyl (C=O) groups is 1. The van der Waals surface area contributed by atoms with E-state index in [1.54, 1.807) is 13.0 Å². The van der Waals surface area contributed by atoms with Gasteiger partial charge in [-0.15, -0.1) is 0 Å². The van der Waals surface area contributed by atoms with E-state index >= 15 is 0 Å². The number of hydrogen-bond donors (Lipinski definition) is 2. The van der Waals surface area contributed by atoms with Crippen molar-refractivity contribution in [2.45, 2.75) is 6.92 Å². The predicted octanol–water partition coefficient (Wildman–Crippen LogP) is 3.32. The maximum Gasteiger partial charge on any atom is 0.244 e. The highest BCUT2D eigenvalue weighted by molar-refractivity contribution is 5.97. The second-order valence-corrected chi connectivity index (χ2v) is 4.27. The van der Waals surface area contributed by atoms with Crippen LogP contribution in [0.5, 0.6) is 0 Å². The average molecular weight is 252 g/mol. The van der Waals surface area contributed by atoms with Gasteiger partial charge in [0.1, 0.15) is 0 Å². The highest BCUT2D eigenvalue weighted by Gasteiger charge is 2.02. The number of primary amides is 1.